The largest absolute Gasteiger partial charge is 0.493 e. The smallest absolute Gasteiger partial charge is 0.245 e. The number of carbonyl (C=O) groups excluding carboxylic acids is 3. The van der Waals surface area contributed by atoms with Crippen LogP contribution < -0.4 is 4.74 Å². The molecule has 1 amide bonds. The molecule has 2 fully saturated rings. The minimum Gasteiger partial charge on any atom is -0.493 e. The molecule has 1 saturated heterocycles. The van der Waals surface area contributed by atoms with Crippen molar-refractivity contribution in [3.63, 3.8) is 0 Å². The van der Waals surface area contributed by atoms with Crippen LogP contribution in [0.4, 0.5) is 0 Å². The third-order valence-electron chi connectivity index (χ3n) is 9.69. The third-order valence-corrected chi connectivity index (χ3v) is 10.1. The molecule has 0 radical (unpaired) electrons. The lowest BCUT2D eigenvalue weighted by molar-refractivity contribution is -0.139. The number of aromatic nitrogens is 5. The Kier molecular flexibility index (Phi) is 8.71. The Morgan fingerprint density at radius 3 is 2.71 bits per heavy atom. The van der Waals surface area contributed by atoms with Crippen LogP contribution in [0.25, 0.3) is 22.0 Å². The number of allylic oxidation sites excluding steroid dienone is 1. The Balaban J connectivity index is 1.28. The van der Waals surface area contributed by atoms with Gasteiger partial charge in [0.05, 0.1) is 43.5 Å². The fourth-order valence-corrected chi connectivity index (χ4v) is 7.39. The maximum atomic E-state index is 14.3. The van der Waals surface area contributed by atoms with Gasteiger partial charge in [0.2, 0.25) is 5.91 Å². The number of Topliss-reactive ketones (excluding diaryl/α,β-unsaturated/α-hetero) is 2. The summed E-state index contributed by atoms with van der Waals surface area (Å²) in [6.45, 7) is 6.47. The van der Waals surface area contributed by atoms with Crippen molar-refractivity contribution in [3.8, 4) is 16.9 Å². The predicted molar refractivity (Wildman–Crippen MR) is 182 cm³/mol. The molecule has 3 aromatic heterocycles. The van der Waals surface area contributed by atoms with Crippen LogP contribution in [0.1, 0.15) is 60.2 Å². The van der Waals surface area contributed by atoms with Gasteiger partial charge in [-0.1, -0.05) is 18.2 Å². The second-order valence-electron chi connectivity index (χ2n) is 13.1. The van der Waals surface area contributed by atoms with E-state index in [0.717, 1.165) is 36.0 Å². The minimum atomic E-state index is -0.612. The van der Waals surface area contributed by atoms with E-state index >= 15 is 0 Å². The van der Waals surface area contributed by atoms with E-state index in [1.54, 1.807) is 22.0 Å². The van der Waals surface area contributed by atoms with E-state index in [-0.39, 0.29) is 47.6 Å². The molecular weight excluding hydrogens is 676 g/mol. The van der Waals surface area contributed by atoms with Crippen LogP contribution in [0.2, 0.25) is 0 Å². The number of halogens is 1. The molecule has 1 saturated carbocycles. The Labute approximate surface area is 286 Å². The van der Waals surface area contributed by atoms with Gasteiger partial charge in [-0.25, -0.2) is 15.0 Å². The maximum absolute atomic E-state index is 14.3. The lowest BCUT2D eigenvalue weighted by atomic mass is 9.95. The zero-order valence-corrected chi connectivity index (χ0v) is 28.8. The fraction of sp³-hybridized carbons (Fsp3) is 0.417. The topological polar surface area (TPSA) is 129 Å². The Morgan fingerprint density at radius 1 is 1.10 bits per heavy atom. The van der Waals surface area contributed by atoms with Gasteiger partial charge in [-0.15, -0.1) is 0 Å². The number of aryl methyl sites for hydroxylation is 2. The first-order chi connectivity index (χ1) is 23.1. The summed E-state index contributed by atoms with van der Waals surface area (Å²) in [5, 5.41) is 5.27. The summed E-state index contributed by atoms with van der Waals surface area (Å²) in [6.07, 6.45) is 10.6. The van der Waals surface area contributed by atoms with Crippen LogP contribution >= 0.6 is 15.9 Å². The molecule has 0 unspecified atom stereocenters. The molecule has 3 aliphatic rings. The molecule has 4 aromatic rings. The minimum absolute atomic E-state index is 0.0511. The number of carbonyl (C=O) groups is 3. The molecule has 4 bridgehead atoms. The quantitative estimate of drug-likeness (QED) is 0.152. The van der Waals surface area contributed by atoms with E-state index in [0.29, 0.717) is 59.0 Å². The summed E-state index contributed by atoms with van der Waals surface area (Å²) < 4.78 is 14.7. The number of nitrogens with zero attached hydrogens (tertiary/aromatic N) is 6. The average molecular weight is 714 g/mol. The van der Waals surface area contributed by atoms with Gasteiger partial charge in [-0.3, -0.25) is 19.1 Å². The zero-order valence-electron chi connectivity index (χ0n) is 27.2. The maximum Gasteiger partial charge on any atom is 0.245 e. The molecule has 2 aliphatic heterocycles. The van der Waals surface area contributed by atoms with Crippen molar-refractivity contribution >= 4 is 44.3 Å². The number of amides is 1. The average Bonchev–Trinajstić information content (AvgIpc) is 3.48. The van der Waals surface area contributed by atoms with E-state index in [1.165, 1.54) is 6.92 Å². The van der Waals surface area contributed by atoms with Crippen molar-refractivity contribution in [1.82, 2.24) is 29.6 Å². The van der Waals surface area contributed by atoms with Crippen molar-refractivity contribution in [2.75, 3.05) is 19.8 Å². The van der Waals surface area contributed by atoms with Crippen molar-refractivity contribution < 1.29 is 23.9 Å². The van der Waals surface area contributed by atoms with Gasteiger partial charge in [0.1, 0.15) is 28.4 Å². The monoisotopic (exact) mass is 712 g/mol. The molecule has 1 aliphatic carbocycles. The lowest BCUT2D eigenvalue weighted by Gasteiger charge is -2.27. The molecule has 248 valence electrons. The normalized spacial score (nSPS) is 23.3. The predicted octanol–water partition coefficient (Wildman–Crippen LogP) is 5.39. The van der Waals surface area contributed by atoms with Gasteiger partial charge in [-0.05, 0) is 73.2 Å². The van der Waals surface area contributed by atoms with E-state index < -0.39 is 6.04 Å². The number of ketones is 2. The first-order valence-electron chi connectivity index (χ1n) is 16.3. The Morgan fingerprint density at radius 2 is 1.92 bits per heavy atom. The SMILES string of the molecule is CC(=O)c1nn2c3cc(c(-c4cnc(C)nc4)cc13)OCCC/C=C\COC[C@@]13C[C@@H](C(=O)Cc4nc(Br)ccc4C)N(C(=O)C2)[C@@H]1C3. The van der Waals surface area contributed by atoms with E-state index in [9.17, 15) is 14.4 Å². The van der Waals surface area contributed by atoms with E-state index in [4.69, 9.17) is 9.47 Å². The van der Waals surface area contributed by atoms with E-state index in [2.05, 4.69) is 42.1 Å². The first-order valence-corrected chi connectivity index (χ1v) is 17.1. The summed E-state index contributed by atoms with van der Waals surface area (Å²) in [6, 6.07) is 6.78. The second-order valence-corrected chi connectivity index (χ2v) is 13.9. The molecule has 1 aromatic carbocycles. The number of hydrogen-bond acceptors (Lipinski definition) is 9. The fourth-order valence-electron chi connectivity index (χ4n) is 7.04. The molecule has 11 nitrogen and oxygen atoms in total. The van der Waals surface area contributed by atoms with Crippen molar-refractivity contribution in [2.45, 2.75) is 71.5 Å². The van der Waals surface area contributed by atoms with Crippen molar-refractivity contribution in [3.05, 3.63) is 76.2 Å². The van der Waals surface area contributed by atoms with Crippen LogP contribution in [0.3, 0.4) is 0 Å². The molecule has 12 heteroatoms. The number of rotatable bonds is 5. The van der Waals surface area contributed by atoms with Crippen LogP contribution in [0.15, 0.2) is 53.4 Å². The summed E-state index contributed by atoms with van der Waals surface area (Å²) in [5.74, 6) is 0.726. The van der Waals surface area contributed by atoms with Gasteiger partial charge in [-0.2, -0.15) is 5.10 Å². The van der Waals surface area contributed by atoms with Gasteiger partial charge < -0.3 is 14.4 Å². The first kappa shape index (κ1) is 32.3. The molecular formula is C36H37BrN6O5. The third kappa shape index (κ3) is 6.19. The number of piperidine rings is 1. The number of benzene rings is 1. The highest BCUT2D eigenvalue weighted by molar-refractivity contribution is 9.10. The van der Waals surface area contributed by atoms with Gasteiger partial charge in [0, 0.05) is 53.4 Å². The van der Waals surface area contributed by atoms with Crippen LogP contribution in [0, 0.1) is 19.3 Å². The van der Waals surface area contributed by atoms with Crippen LogP contribution in [-0.2, 0) is 27.3 Å². The van der Waals surface area contributed by atoms with Gasteiger partial charge in [0.15, 0.2) is 11.6 Å². The molecule has 48 heavy (non-hydrogen) atoms. The lowest BCUT2D eigenvalue weighted by Crippen LogP contribution is -2.45. The van der Waals surface area contributed by atoms with Crippen molar-refractivity contribution in [1.29, 1.82) is 0 Å². The van der Waals surface area contributed by atoms with E-state index in [1.807, 2.05) is 44.2 Å². The van der Waals surface area contributed by atoms with Crippen LogP contribution in [-0.4, -0.2) is 79.0 Å². The summed E-state index contributed by atoms with van der Waals surface area (Å²) >= 11 is 3.42. The summed E-state index contributed by atoms with van der Waals surface area (Å²) in [5.41, 5.74) is 3.68. The highest BCUT2D eigenvalue weighted by Crippen LogP contribution is 2.60. The van der Waals surface area contributed by atoms with Crippen molar-refractivity contribution in [2.24, 2.45) is 5.41 Å². The summed E-state index contributed by atoms with van der Waals surface area (Å²) in [7, 11) is 0. The number of ether oxygens (including phenoxy) is 2. The highest BCUT2D eigenvalue weighted by Gasteiger charge is 2.67. The molecule has 3 atom stereocenters. The second kappa shape index (κ2) is 13.0. The molecule has 0 N–H and O–H groups in total. The number of hydrogen-bond donors (Lipinski definition) is 0. The zero-order chi connectivity index (χ0) is 33.6. The Bertz CT molecular complexity index is 1960. The number of pyridine rings is 1. The van der Waals surface area contributed by atoms with Crippen LogP contribution in [0.5, 0.6) is 5.75 Å². The van der Waals surface area contributed by atoms with Gasteiger partial charge in [0.25, 0.3) is 0 Å². The van der Waals surface area contributed by atoms with Gasteiger partial charge >= 0.3 is 0 Å². The standard InChI is InChI=1S/C36H37BrN6O5/c1-21-8-9-33(37)40-27(21)13-30(45)29-15-36-16-32(36)43(29)34(46)19-42-28-14-31(48-11-7-5-4-6-10-47-20-36)25(24-17-38-23(3)39-18-24)12-26(28)35(41-42)22(2)44/h4,6,8-9,12,14,17-18,29,32H,5,7,10-11,13,15-16,19-20H2,1-3H3/b6-4-/t29-,32+,36-/m0/s1. The molecule has 5 heterocycles. The Hall–Kier alpha value is -4.29. The highest BCUT2D eigenvalue weighted by atomic mass is 79.9. The molecule has 0 spiro atoms. The summed E-state index contributed by atoms with van der Waals surface area (Å²) in [4.78, 5) is 56.2. The molecule has 7 rings (SSSR count). The number of fused-ring (bicyclic) bond motifs is 1.